The molecule has 7 heteroatoms. The summed E-state index contributed by atoms with van der Waals surface area (Å²) >= 11 is 10.9. The second-order valence-corrected chi connectivity index (χ2v) is 3.49. The van der Waals surface area contributed by atoms with Crippen LogP contribution in [0.25, 0.3) is 0 Å². The van der Waals surface area contributed by atoms with Crippen LogP contribution in [0.1, 0.15) is 10.5 Å². The van der Waals surface area contributed by atoms with Crippen molar-refractivity contribution in [2.75, 3.05) is 5.88 Å². The van der Waals surface area contributed by atoms with Crippen molar-refractivity contribution < 1.29 is 9.59 Å². The van der Waals surface area contributed by atoms with Crippen LogP contribution in [0.2, 0.25) is 5.02 Å². The van der Waals surface area contributed by atoms with Crippen LogP contribution in [-0.2, 0) is 11.8 Å². The molecule has 0 aliphatic rings. The molecule has 0 saturated heterocycles. The van der Waals surface area contributed by atoms with Gasteiger partial charge in [0.15, 0.2) is 0 Å². The summed E-state index contributed by atoms with van der Waals surface area (Å²) in [5, 5.41) is 0.450. The predicted octanol–water partition coefficient (Wildman–Crippen LogP) is 0.678. The highest BCUT2D eigenvalue weighted by atomic mass is 35.5. The normalized spacial score (nSPS) is 9.80. The van der Waals surface area contributed by atoms with Crippen LogP contribution < -0.4 is 10.9 Å². The first-order chi connectivity index (χ1) is 7.04. The summed E-state index contributed by atoms with van der Waals surface area (Å²) in [7, 11) is 1.67. The van der Waals surface area contributed by atoms with E-state index in [4.69, 9.17) is 23.2 Å². The minimum absolute atomic E-state index is 0.214. The van der Waals surface area contributed by atoms with Gasteiger partial charge in [0.1, 0.15) is 11.6 Å². The number of rotatable bonds is 2. The maximum absolute atomic E-state index is 11.5. The molecule has 82 valence electrons. The fourth-order valence-electron chi connectivity index (χ4n) is 0.974. The highest BCUT2D eigenvalue weighted by Gasteiger charge is 2.11. The lowest BCUT2D eigenvalue weighted by Crippen LogP contribution is -2.42. The van der Waals surface area contributed by atoms with Crippen LogP contribution in [0.4, 0.5) is 0 Å². The maximum Gasteiger partial charge on any atom is 0.286 e. The van der Waals surface area contributed by atoms with Crippen LogP contribution in [0.5, 0.6) is 0 Å². The fraction of sp³-hybridized carbons (Fsp3) is 0.250. The number of aryl methyl sites for hydroxylation is 1. The molecule has 0 aliphatic carbocycles. The molecule has 5 nitrogen and oxygen atoms in total. The molecular weight excluding hydrogens is 241 g/mol. The Morgan fingerprint density at radius 1 is 1.47 bits per heavy atom. The minimum atomic E-state index is -0.481. The number of amides is 2. The van der Waals surface area contributed by atoms with E-state index in [9.17, 15) is 9.59 Å². The van der Waals surface area contributed by atoms with Crippen molar-refractivity contribution in [3.05, 3.63) is 23.0 Å². The first-order valence-electron chi connectivity index (χ1n) is 4.01. The maximum atomic E-state index is 11.5. The molecule has 0 saturated carbocycles. The smallest absolute Gasteiger partial charge is 0.286 e. The number of carbonyl (C=O) groups excluding carboxylic acids is 2. The number of halogens is 2. The van der Waals surface area contributed by atoms with Gasteiger partial charge in [0.05, 0.1) is 5.02 Å². The van der Waals surface area contributed by atoms with Crippen LogP contribution in [0.3, 0.4) is 0 Å². The van der Waals surface area contributed by atoms with Crippen LogP contribution in [0, 0.1) is 0 Å². The average Bonchev–Trinajstić information content (AvgIpc) is 2.53. The second kappa shape index (κ2) is 5.04. The lowest BCUT2D eigenvalue weighted by atomic mass is 10.4. The topological polar surface area (TPSA) is 63.1 Å². The number of carbonyl (C=O) groups is 2. The van der Waals surface area contributed by atoms with Gasteiger partial charge >= 0.3 is 0 Å². The summed E-state index contributed by atoms with van der Waals surface area (Å²) in [6.07, 6.45) is 1.58. The van der Waals surface area contributed by atoms with E-state index in [0.29, 0.717) is 10.7 Å². The van der Waals surface area contributed by atoms with E-state index in [1.165, 1.54) is 6.07 Å². The number of nitrogens with one attached hydrogen (secondary N) is 2. The lowest BCUT2D eigenvalue weighted by Gasteiger charge is -2.05. The Hall–Kier alpha value is -1.20. The van der Waals surface area contributed by atoms with Gasteiger partial charge in [-0.25, -0.2) is 0 Å². The molecule has 1 aromatic heterocycles. The van der Waals surface area contributed by atoms with E-state index in [1.807, 2.05) is 0 Å². The molecule has 1 rings (SSSR count). The van der Waals surface area contributed by atoms with Crippen molar-refractivity contribution >= 4 is 35.0 Å². The summed E-state index contributed by atoms with van der Waals surface area (Å²) in [5.74, 6) is -1.15. The van der Waals surface area contributed by atoms with Gasteiger partial charge in [0.25, 0.3) is 11.8 Å². The van der Waals surface area contributed by atoms with Gasteiger partial charge in [-0.3, -0.25) is 20.4 Å². The number of hydrogen-bond donors (Lipinski definition) is 2. The van der Waals surface area contributed by atoms with Gasteiger partial charge in [-0.2, -0.15) is 0 Å². The number of aromatic nitrogens is 1. The van der Waals surface area contributed by atoms with Crippen molar-refractivity contribution in [1.29, 1.82) is 0 Å². The largest absolute Gasteiger partial charge is 0.345 e. The monoisotopic (exact) mass is 249 g/mol. The van der Waals surface area contributed by atoms with E-state index in [2.05, 4.69) is 10.9 Å². The van der Waals surface area contributed by atoms with Gasteiger partial charge in [-0.05, 0) is 6.07 Å². The van der Waals surface area contributed by atoms with E-state index < -0.39 is 11.8 Å². The standard InChI is InChI=1S/C8H9Cl2N3O2/c1-13-4-5(10)2-6(13)8(15)12-11-7(14)3-9/h2,4H,3H2,1H3,(H,11,14)(H,12,15). The number of nitrogens with zero attached hydrogens (tertiary/aromatic N) is 1. The Balaban J connectivity index is 2.61. The molecule has 0 atom stereocenters. The third-order valence-corrected chi connectivity index (χ3v) is 2.09. The Bertz CT molecular complexity index is 389. The van der Waals surface area contributed by atoms with E-state index in [0.717, 1.165) is 0 Å². The first kappa shape index (κ1) is 11.9. The van der Waals surface area contributed by atoms with Gasteiger partial charge in [-0.1, -0.05) is 11.6 Å². The first-order valence-corrected chi connectivity index (χ1v) is 4.93. The third-order valence-electron chi connectivity index (χ3n) is 1.64. The fourth-order valence-corrected chi connectivity index (χ4v) is 1.29. The van der Waals surface area contributed by atoms with E-state index in [1.54, 1.807) is 17.8 Å². The molecular formula is C8H9Cl2N3O2. The van der Waals surface area contributed by atoms with Gasteiger partial charge in [0, 0.05) is 13.2 Å². The molecule has 15 heavy (non-hydrogen) atoms. The van der Waals surface area contributed by atoms with Crippen molar-refractivity contribution in [3.8, 4) is 0 Å². The molecule has 0 bridgehead atoms. The molecule has 2 amide bonds. The third kappa shape index (κ3) is 3.14. The summed E-state index contributed by atoms with van der Waals surface area (Å²) in [6.45, 7) is 0. The van der Waals surface area contributed by atoms with Crippen molar-refractivity contribution in [2.24, 2.45) is 7.05 Å². The quantitative estimate of drug-likeness (QED) is 0.598. The molecule has 1 aromatic rings. The van der Waals surface area contributed by atoms with Crippen molar-refractivity contribution in [3.63, 3.8) is 0 Å². The lowest BCUT2D eigenvalue weighted by molar-refractivity contribution is -0.119. The van der Waals surface area contributed by atoms with Gasteiger partial charge in [-0.15, -0.1) is 11.6 Å². The summed E-state index contributed by atoms with van der Waals surface area (Å²) in [5.41, 5.74) is 4.68. The zero-order valence-electron chi connectivity index (χ0n) is 7.88. The summed E-state index contributed by atoms with van der Waals surface area (Å²) < 4.78 is 1.55. The Labute approximate surface area is 96.3 Å². The van der Waals surface area contributed by atoms with Crippen molar-refractivity contribution in [2.45, 2.75) is 0 Å². The van der Waals surface area contributed by atoms with Crippen LogP contribution in [-0.4, -0.2) is 22.3 Å². The predicted molar refractivity (Wildman–Crippen MR) is 56.8 cm³/mol. The average molecular weight is 250 g/mol. The van der Waals surface area contributed by atoms with Crippen LogP contribution in [0.15, 0.2) is 12.3 Å². The summed E-state index contributed by atoms with van der Waals surface area (Å²) in [4.78, 5) is 22.2. The Morgan fingerprint density at radius 3 is 2.60 bits per heavy atom. The SMILES string of the molecule is Cn1cc(Cl)cc1C(=O)NNC(=O)CCl. The molecule has 0 radical (unpaired) electrons. The minimum Gasteiger partial charge on any atom is -0.345 e. The number of alkyl halides is 1. The van der Waals surface area contributed by atoms with Crippen molar-refractivity contribution in [1.82, 2.24) is 15.4 Å². The molecule has 0 fully saturated rings. The Kier molecular flexibility index (Phi) is 3.99. The zero-order chi connectivity index (χ0) is 11.4. The van der Waals surface area contributed by atoms with Gasteiger partial charge in [0.2, 0.25) is 0 Å². The molecule has 0 aliphatic heterocycles. The number of hydrazine groups is 1. The molecule has 0 unspecified atom stereocenters. The molecule has 0 spiro atoms. The molecule has 0 aromatic carbocycles. The van der Waals surface area contributed by atoms with Gasteiger partial charge < -0.3 is 4.57 Å². The molecule has 1 heterocycles. The zero-order valence-corrected chi connectivity index (χ0v) is 9.39. The molecule has 2 N–H and O–H groups in total. The second-order valence-electron chi connectivity index (χ2n) is 2.79. The highest BCUT2D eigenvalue weighted by molar-refractivity contribution is 6.31. The summed E-state index contributed by atoms with van der Waals surface area (Å²) in [6, 6.07) is 1.49. The van der Waals surface area contributed by atoms with E-state index >= 15 is 0 Å². The number of hydrogen-bond acceptors (Lipinski definition) is 2. The highest BCUT2D eigenvalue weighted by Crippen LogP contribution is 2.12. The van der Waals surface area contributed by atoms with Crippen LogP contribution >= 0.6 is 23.2 Å². The Morgan fingerprint density at radius 2 is 2.13 bits per heavy atom. The van der Waals surface area contributed by atoms with E-state index in [-0.39, 0.29) is 5.88 Å².